The first-order chi connectivity index (χ1) is 15.0. The summed E-state index contributed by atoms with van der Waals surface area (Å²) in [7, 11) is 0. The van der Waals surface area contributed by atoms with Crippen LogP contribution in [-0.2, 0) is 9.59 Å². The molecule has 3 aromatic carbocycles. The number of ketones is 1. The fraction of sp³-hybridized carbons (Fsp3) is 0.0400. The van der Waals surface area contributed by atoms with Gasteiger partial charge in [0.2, 0.25) is 0 Å². The van der Waals surface area contributed by atoms with Gasteiger partial charge in [-0.05, 0) is 76.2 Å². The van der Waals surface area contributed by atoms with E-state index < -0.39 is 29.3 Å². The van der Waals surface area contributed by atoms with E-state index in [1.54, 1.807) is 18.2 Å². The molecule has 0 saturated carbocycles. The molecule has 1 heterocycles. The Morgan fingerprint density at radius 3 is 2.26 bits per heavy atom. The molecule has 31 heavy (non-hydrogen) atoms. The molecule has 4 nitrogen and oxygen atoms in total. The van der Waals surface area contributed by atoms with Crippen LogP contribution < -0.4 is 4.90 Å². The molecule has 3 aromatic rings. The molecule has 1 amide bonds. The van der Waals surface area contributed by atoms with Crippen molar-refractivity contribution in [1.82, 2.24) is 0 Å². The summed E-state index contributed by atoms with van der Waals surface area (Å²) in [6, 6.07) is 21.1. The molecule has 1 atom stereocenters. The first kappa shape index (κ1) is 21.0. The van der Waals surface area contributed by atoms with E-state index in [9.17, 15) is 19.1 Å². The van der Waals surface area contributed by atoms with Crippen LogP contribution in [0.3, 0.4) is 0 Å². The minimum atomic E-state index is -0.874. The maximum Gasteiger partial charge on any atom is 0.294 e. The predicted molar refractivity (Wildman–Crippen MR) is 126 cm³/mol. The number of allylic oxidation sites excluding steroid dienone is 1. The zero-order chi connectivity index (χ0) is 22.0. The molecule has 0 spiro atoms. The lowest BCUT2D eigenvalue weighted by molar-refractivity contribution is -0.117. The predicted octanol–water partition coefficient (Wildman–Crippen LogP) is 5.61. The summed E-state index contributed by atoms with van der Waals surface area (Å²) in [6.07, 6.45) is 2.96. The third-order valence-corrected chi connectivity index (χ3v) is 5.71. The van der Waals surface area contributed by atoms with Crippen molar-refractivity contribution in [2.24, 2.45) is 0 Å². The van der Waals surface area contributed by atoms with Gasteiger partial charge in [-0.2, -0.15) is 0 Å². The van der Waals surface area contributed by atoms with Gasteiger partial charge in [0.15, 0.2) is 11.5 Å². The summed E-state index contributed by atoms with van der Waals surface area (Å²) in [4.78, 5) is 27.5. The molecule has 0 aliphatic carbocycles. The summed E-state index contributed by atoms with van der Waals surface area (Å²) < 4.78 is 14.5. The second-order valence-electron chi connectivity index (χ2n) is 6.98. The van der Waals surface area contributed by atoms with Crippen LogP contribution in [0.5, 0.6) is 0 Å². The van der Waals surface area contributed by atoms with Crippen LogP contribution in [-0.4, -0.2) is 16.8 Å². The monoisotopic (exact) mass is 525 g/mol. The fourth-order valence-electron chi connectivity index (χ4n) is 3.51. The Bertz CT molecular complexity index is 1190. The Hall–Kier alpha value is -3.26. The van der Waals surface area contributed by atoms with Crippen molar-refractivity contribution in [2.75, 3.05) is 4.90 Å². The highest BCUT2D eigenvalue weighted by Crippen LogP contribution is 2.41. The molecule has 1 aliphatic heterocycles. The number of hydrogen-bond donors (Lipinski definition) is 1. The minimum Gasteiger partial charge on any atom is -0.503 e. The van der Waals surface area contributed by atoms with Crippen LogP contribution in [0.1, 0.15) is 17.2 Å². The van der Waals surface area contributed by atoms with E-state index in [1.807, 2.05) is 42.5 Å². The van der Waals surface area contributed by atoms with Crippen LogP contribution in [0.25, 0.3) is 6.08 Å². The maximum absolute atomic E-state index is 13.5. The average molecular weight is 525 g/mol. The van der Waals surface area contributed by atoms with Crippen molar-refractivity contribution in [2.45, 2.75) is 6.04 Å². The average Bonchev–Trinajstić information content (AvgIpc) is 3.05. The Kier molecular flexibility index (Phi) is 5.99. The number of anilines is 1. The molecule has 6 heteroatoms. The number of benzene rings is 3. The third kappa shape index (κ3) is 4.29. The van der Waals surface area contributed by atoms with Crippen molar-refractivity contribution in [3.05, 3.63) is 117 Å². The number of rotatable bonds is 5. The minimum absolute atomic E-state index is 0.0395. The second kappa shape index (κ2) is 8.85. The quantitative estimate of drug-likeness (QED) is 0.348. The van der Waals surface area contributed by atoms with Gasteiger partial charge in [-0.15, -0.1) is 0 Å². The highest BCUT2D eigenvalue weighted by molar-refractivity contribution is 14.1. The van der Waals surface area contributed by atoms with Crippen molar-refractivity contribution in [3.8, 4) is 0 Å². The topological polar surface area (TPSA) is 57.6 Å². The van der Waals surface area contributed by atoms with Crippen LogP contribution in [0.2, 0.25) is 0 Å². The van der Waals surface area contributed by atoms with Crippen molar-refractivity contribution >= 4 is 46.0 Å². The Balaban J connectivity index is 1.78. The Morgan fingerprint density at radius 2 is 1.61 bits per heavy atom. The number of carbonyl (C=O) groups excluding carboxylic acids is 2. The fourth-order valence-corrected chi connectivity index (χ4v) is 3.87. The second-order valence-corrected chi connectivity index (χ2v) is 8.22. The standard InChI is InChI=1S/C25H17FINO3/c26-18-9-7-17(8-10-18)23-22(21(29)15-6-16-4-2-1-3-5-16)24(30)25(31)28(23)20-13-11-19(27)12-14-20/h1-15,23,30H/b15-6+/t23-/m1/s1. The van der Waals surface area contributed by atoms with Gasteiger partial charge in [-0.1, -0.05) is 48.5 Å². The van der Waals surface area contributed by atoms with Crippen LogP contribution in [0.4, 0.5) is 10.1 Å². The van der Waals surface area contributed by atoms with Gasteiger partial charge in [0, 0.05) is 9.26 Å². The summed E-state index contributed by atoms with van der Waals surface area (Å²) in [6.45, 7) is 0. The van der Waals surface area contributed by atoms with E-state index in [0.717, 1.165) is 9.13 Å². The van der Waals surface area contributed by atoms with Gasteiger partial charge >= 0.3 is 0 Å². The normalized spacial score (nSPS) is 16.4. The highest BCUT2D eigenvalue weighted by Gasteiger charge is 2.43. The highest BCUT2D eigenvalue weighted by atomic mass is 127. The number of aliphatic hydroxyl groups is 1. The molecule has 0 aromatic heterocycles. The first-order valence-electron chi connectivity index (χ1n) is 9.51. The molecule has 4 rings (SSSR count). The Morgan fingerprint density at radius 1 is 0.968 bits per heavy atom. The number of hydrogen-bond acceptors (Lipinski definition) is 3. The van der Waals surface area contributed by atoms with Crippen molar-refractivity contribution in [1.29, 1.82) is 0 Å². The van der Waals surface area contributed by atoms with E-state index in [0.29, 0.717) is 11.3 Å². The van der Waals surface area contributed by atoms with E-state index in [2.05, 4.69) is 22.6 Å². The van der Waals surface area contributed by atoms with Crippen molar-refractivity contribution < 1.29 is 19.1 Å². The van der Waals surface area contributed by atoms with Gasteiger partial charge in [-0.25, -0.2) is 4.39 Å². The summed E-state index contributed by atoms with van der Waals surface area (Å²) >= 11 is 2.15. The Labute approximate surface area is 192 Å². The zero-order valence-electron chi connectivity index (χ0n) is 16.2. The van der Waals surface area contributed by atoms with E-state index in [4.69, 9.17) is 0 Å². The molecule has 1 N–H and O–H groups in total. The lowest BCUT2D eigenvalue weighted by Gasteiger charge is -2.26. The SMILES string of the molecule is O=C(/C=C/c1ccccc1)C1=C(O)C(=O)N(c2ccc(I)cc2)[C@@H]1c1ccc(F)cc1. The molecule has 0 fully saturated rings. The van der Waals surface area contributed by atoms with E-state index in [1.165, 1.54) is 35.2 Å². The van der Waals surface area contributed by atoms with Gasteiger partial charge in [-0.3, -0.25) is 14.5 Å². The lowest BCUT2D eigenvalue weighted by atomic mass is 9.95. The first-order valence-corrected chi connectivity index (χ1v) is 10.6. The van der Waals surface area contributed by atoms with E-state index >= 15 is 0 Å². The number of amides is 1. The van der Waals surface area contributed by atoms with Crippen LogP contribution in [0.15, 0.2) is 96.3 Å². The van der Waals surface area contributed by atoms with Gasteiger partial charge in [0.1, 0.15) is 5.82 Å². The summed E-state index contributed by atoms with van der Waals surface area (Å²) in [5, 5.41) is 10.7. The molecule has 0 bridgehead atoms. The number of halogens is 2. The smallest absolute Gasteiger partial charge is 0.294 e. The molecule has 0 saturated heterocycles. The van der Waals surface area contributed by atoms with Gasteiger partial charge in [0.25, 0.3) is 5.91 Å². The largest absolute Gasteiger partial charge is 0.503 e. The summed E-state index contributed by atoms with van der Waals surface area (Å²) in [5.41, 5.74) is 1.82. The van der Waals surface area contributed by atoms with Crippen LogP contribution in [0, 0.1) is 9.39 Å². The zero-order valence-corrected chi connectivity index (χ0v) is 18.4. The number of carbonyl (C=O) groups is 2. The maximum atomic E-state index is 13.5. The lowest BCUT2D eigenvalue weighted by Crippen LogP contribution is -2.30. The molecule has 0 unspecified atom stereocenters. The molecule has 0 radical (unpaired) electrons. The molecular weight excluding hydrogens is 508 g/mol. The third-order valence-electron chi connectivity index (χ3n) is 4.99. The summed E-state index contributed by atoms with van der Waals surface area (Å²) in [5.74, 6) is -2.20. The molecule has 154 valence electrons. The van der Waals surface area contributed by atoms with Gasteiger partial charge < -0.3 is 5.11 Å². The number of aliphatic hydroxyl groups excluding tert-OH is 1. The molecular formula is C25H17FINO3. The van der Waals surface area contributed by atoms with E-state index in [-0.39, 0.29) is 5.57 Å². The number of nitrogens with zero attached hydrogens (tertiary/aromatic N) is 1. The van der Waals surface area contributed by atoms with Crippen LogP contribution >= 0.6 is 22.6 Å². The van der Waals surface area contributed by atoms with Crippen molar-refractivity contribution in [3.63, 3.8) is 0 Å². The van der Waals surface area contributed by atoms with Gasteiger partial charge in [0.05, 0.1) is 11.6 Å². The molecule has 1 aliphatic rings.